The molecule has 1 aromatic rings. The van der Waals surface area contributed by atoms with Gasteiger partial charge in [0.2, 0.25) is 0 Å². The molecule has 1 rings (SSSR count). The first-order chi connectivity index (χ1) is 7.85. The molecule has 0 aliphatic heterocycles. The van der Waals surface area contributed by atoms with Crippen LogP contribution in [0.5, 0.6) is 0 Å². The van der Waals surface area contributed by atoms with Gasteiger partial charge in [-0.1, -0.05) is 22.0 Å². The number of carbonyl (C=O) groups excluding carboxylic acids is 1. The summed E-state index contributed by atoms with van der Waals surface area (Å²) >= 11 is 3.22. The first-order valence-electron chi connectivity index (χ1n) is 4.98. The summed E-state index contributed by atoms with van der Waals surface area (Å²) in [4.78, 5) is 11.7. The van der Waals surface area contributed by atoms with Crippen molar-refractivity contribution >= 4 is 34.2 Å². The van der Waals surface area contributed by atoms with Gasteiger partial charge in [0.05, 0.1) is 13.1 Å². The van der Waals surface area contributed by atoms with E-state index in [1.807, 2.05) is 0 Å². The number of rotatable bonds is 4. The van der Waals surface area contributed by atoms with Crippen molar-refractivity contribution in [2.24, 2.45) is 5.73 Å². The van der Waals surface area contributed by atoms with Gasteiger partial charge in [-0.3, -0.25) is 4.79 Å². The van der Waals surface area contributed by atoms with Crippen molar-refractivity contribution in [2.45, 2.75) is 12.8 Å². The van der Waals surface area contributed by atoms with Gasteiger partial charge in [-0.2, -0.15) is 0 Å². The van der Waals surface area contributed by atoms with Crippen LogP contribution < -0.4 is 11.1 Å². The third kappa shape index (κ3) is 4.88. The Morgan fingerprint density at radius 3 is 2.67 bits per heavy atom. The molecule has 3 N–H and O–H groups in total. The highest BCUT2D eigenvalue weighted by atomic mass is 79.9. The van der Waals surface area contributed by atoms with Crippen molar-refractivity contribution in [1.82, 2.24) is 5.32 Å². The van der Waals surface area contributed by atoms with Crippen molar-refractivity contribution in [3.8, 4) is 0 Å². The number of amides is 1. The summed E-state index contributed by atoms with van der Waals surface area (Å²) in [6.07, 6.45) is 0. The lowest BCUT2D eigenvalue weighted by Gasteiger charge is -2.15. The van der Waals surface area contributed by atoms with Crippen molar-refractivity contribution in [3.63, 3.8) is 0 Å². The summed E-state index contributed by atoms with van der Waals surface area (Å²) in [5.74, 6) is -3.60. The standard InChI is InChI=1S/C11H13BrF2N2O.ClH/c1-7-2-3-8(12)4-9(7)10(17)16-6-11(13,14)5-15;/h2-4H,5-6,15H2,1H3,(H,16,17);1H. The molecule has 0 fully saturated rings. The number of nitrogens with two attached hydrogens (primary N) is 1. The fourth-order valence-corrected chi connectivity index (χ4v) is 1.58. The van der Waals surface area contributed by atoms with Gasteiger partial charge in [0.1, 0.15) is 0 Å². The van der Waals surface area contributed by atoms with Gasteiger partial charge in [0, 0.05) is 10.0 Å². The second-order valence-electron chi connectivity index (χ2n) is 3.70. The molecule has 0 aliphatic carbocycles. The molecule has 1 amide bonds. The van der Waals surface area contributed by atoms with E-state index >= 15 is 0 Å². The highest BCUT2D eigenvalue weighted by Crippen LogP contribution is 2.16. The van der Waals surface area contributed by atoms with Gasteiger partial charge in [0.25, 0.3) is 11.8 Å². The number of benzene rings is 1. The summed E-state index contributed by atoms with van der Waals surface area (Å²) < 4.78 is 26.4. The predicted octanol–water partition coefficient (Wildman–Crippen LogP) is 2.50. The van der Waals surface area contributed by atoms with Crippen molar-refractivity contribution in [1.29, 1.82) is 0 Å². The average molecular weight is 344 g/mol. The van der Waals surface area contributed by atoms with E-state index in [-0.39, 0.29) is 12.4 Å². The van der Waals surface area contributed by atoms with Crippen LogP contribution in [0.25, 0.3) is 0 Å². The van der Waals surface area contributed by atoms with Gasteiger partial charge in [0.15, 0.2) is 0 Å². The van der Waals surface area contributed by atoms with Gasteiger partial charge < -0.3 is 11.1 Å². The lowest BCUT2D eigenvalue weighted by Crippen LogP contribution is -2.41. The smallest absolute Gasteiger partial charge is 0.277 e. The molecule has 0 saturated carbocycles. The second kappa shape index (κ2) is 7.01. The number of alkyl halides is 2. The summed E-state index contributed by atoms with van der Waals surface area (Å²) in [7, 11) is 0. The van der Waals surface area contributed by atoms with Crippen LogP contribution in [0.3, 0.4) is 0 Å². The Morgan fingerprint density at radius 2 is 2.11 bits per heavy atom. The molecule has 18 heavy (non-hydrogen) atoms. The number of nitrogens with one attached hydrogen (secondary N) is 1. The third-order valence-electron chi connectivity index (χ3n) is 2.25. The van der Waals surface area contributed by atoms with E-state index in [0.29, 0.717) is 5.56 Å². The molecule has 102 valence electrons. The zero-order valence-electron chi connectivity index (χ0n) is 9.67. The monoisotopic (exact) mass is 342 g/mol. The topological polar surface area (TPSA) is 55.1 Å². The third-order valence-corrected chi connectivity index (χ3v) is 2.74. The van der Waals surface area contributed by atoms with E-state index in [2.05, 4.69) is 21.2 Å². The Kier molecular flexibility index (Phi) is 6.73. The predicted molar refractivity (Wildman–Crippen MR) is 72.5 cm³/mol. The second-order valence-corrected chi connectivity index (χ2v) is 4.62. The minimum absolute atomic E-state index is 0. The maximum Gasteiger partial charge on any atom is 0.277 e. The van der Waals surface area contributed by atoms with Crippen LogP contribution in [-0.4, -0.2) is 24.9 Å². The van der Waals surface area contributed by atoms with E-state index < -0.39 is 24.9 Å². The van der Waals surface area contributed by atoms with Crippen LogP contribution in [0.15, 0.2) is 22.7 Å². The van der Waals surface area contributed by atoms with Gasteiger partial charge in [-0.25, -0.2) is 8.78 Å². The zero-order chi connectivity index (χ0) is 13.1. The molecule has 0 unspecified atom stereocenters. The van der Waals surface area contributed by atoms with E-state index in [0.717, 1.165) is 10.0 Å². The SMILES string of the molecule is Cc1ccc(Br)cc1C(=O)NCC(F)(F)CN.Cl. The molecule has 0 heterocycles. The van der Waals surface area contributed by atoms with Crippen molar-refractivity contribution in [3.05, 3.63) is 33.8 Å². The molecule has 7 heteroatoms. The molecular formula is C11H14BrClF2N2O. The number of aryl methyl sites for hydroxylation is 1. The fourth-order valence-electron chi connectivity index (χ4n) is 1.22. The number of halogens is 4. The van der Waals surface area contributed by atoms with E-state index in [4.69, 9.17) is 5.73 Å². The number of hydrogen-bond acceptors (Lipinski definition) is 2. The van der Waals surface area contributed by atoms with Gasteiger partial charge in [-0.05, 0) is 24.6 Å². The lowest BCUT2D eigenvalue weighted by atomic mass is 10.1. The average Bonchev–Trinajstić information content (AvgIpc) is 2.29. The van der Waals surface area contributed by atoms with Crippen molar-refractivity contribution < 1.29 is 13.6 Å². The molecule has 0 radical (unpaired) electrons. The minimum atomic E-state index is -3.07. The normalized spacial score (nSPS) is 10.7. The summed E-state index contributed by atoms with van der Waals surface area (Å²) in [5, 5.41) is 2.17. The minimum Gasteiger partial charge on any atom is -0.346 e. The maximum absolute atomic E-state index is 12.9. The highest BCUT2D eigenvalue weighted by molar-refractivity contribution is 9.10. The van der Waals surface area contributed by atoms with Gasteiger partial charge in [-0.15, -0.1) is 12.4 Å². The largest absolute Gasteiger partial charge is 0.346 e. The Bertz CT molecular complexity index is 430. The zero-order valence-corrected chi connectivity index (χ0v) is 12.1. The number of carbonyl (C=O) groups is 1. The lowest BCUT2D eigenvalue weighted by molar-refractivity contribution is 0.0118. The Labute approximate surface area is 119 Å². The van der Waals surface area contributed by atoms with Gasteiger partial charge >= 0.3 is 0 Å². The molecule has 0 atom stereocenters. The van der Waals surface area contributed by atoms with E-state index in [9.17, 15) is 13.6 Å². The molecule has 0 saturated heterocycles. The van der Waals surface area contributed by atoms with Crippen LogP contribution >= 0.6 is 28.3 Å². The molecular weight excluding hydrogens is 329 g/mol. The Hall–Kier alpha value is -0.720. The molecule has 1 aromatic carbocycles. The molecule has 0 aliphatic rings. The summed E-state index contributed by atoms with van der Waals surface area (Å²) in [6.45, 7) is 0.196. The van der Waals surface area contributed by atoms with Crippen LogP contribution in [0.1, 0.15) is 15.9 Å². The highest BCUT2D eigenvalue weighted by Gasteiger charge is 2.27. The molecule has 0 bridgehead atoms. The Balaban J connectivity index is 0.00000289. The van der Waals surface area contributed by atoms with E-state index in [1.165, 1.54) is 0 Å². The molecule has 0 spiro atoms. The summed E-state index contributed by atoms with van der Waals surface area (Å²) in [6, 6.07) is 5.10. The number of hydrogen-bond donors (Lipinski definition) is 2. The van der Waals surface area contributed by atoms with Crippen LogP contribution in [0, 0.1) is 6.92 Å². The maximum atomic E-state index is 12.9. The Morgan fingerprint density at radius 1 is 1.50 bits per heavy atom. The molecule has 0 aromatic heterocycles. The molecule has 3 nitrogen and oxygen atoms in total. The quantitative estimate of drug-likeness (QED) is 0.882. The van der Waals surface area contributed by atoms with Crippen LogP contribution in [0.4, 0.5) is 8.78 Å². The fraction of sp³-hybridized carbons (Fsp3) is 0.364. The van der Waals surface area contributed by atoms with E-state index in [1.54, 1.807) is 25.1 Å². The summed E-state index contributed by atoms with van der Waals surface area (Å²) in [5.41, 5.74) is 5.97. The first kappa shape index (κ1) is 17.3. The van der Waals surface area contributed by atoms with Crippen molar-refractivity contribution in [2.75, 3.05) is 13.1 Å². The first-order valence-corrected chi connectivity index (χ1v) is 5.77. The van der Waals surface area contributed by atoms with Crippen LogP contribution in [-0.2, 0) is 0 Å². The van der Waals surface area contributed by atoms with Crippen LogP contribution in [0.2, 0.25) is 0 Å².